The molecule has 0 aliphatic rings. The topological polar surface area (TPSA) is 65.1 Å². The molecule has 0 saturated heterocycles. The van der Waals surface area contributed by atoms with Gasteiger partial charge in [-0.15, -0.1) is 0 Å². The summed E-state index contributed by atoms with van der Waals surface area (Å²) in [5, 5.41) is 0. The SMILES string of the molecule is COc1ccc(S(=O)(=O)N(Cc2ccc(F)cc2)c2ccc(OC)cc2OC)cc1. The summed E-state index contributed by atoms with van der Waals surface area (Å²) < 4.78 is 57.4. The van der Waals surface area contributed by atoms with Gasteiger partial charge in [0, 0.05) is 6.07 Å². The third kappa shape index (κ3) is 4.49. The summed E-state index contributed by atoms with van der Waals surface area (Å²) in [7, 11) is 0.496. The molecule has 6 nitrogen and oxygen atoms in total. The van der Waals surface area contributed by atoms with Crippen LogP contribution in [-0.4, -0.2) is 29.7 Å². The first-order chi connectivity index (χ1) is 14.4. The smallest absolute Gasteiger partial charge is 0.264 e. The van der Waals surface area contributed by atoms with E-state index in [9.17, 15) is 12.8 Å². The molecule has 8 heteroatoms. The third-order valence-electron chi connectivity index (χ3n) is 4.54. The molecule has 0 unspecified atom stereocenters. The second-order valence-corrected chi connectivity index (χ2v) is 8.21. The number of sulfonamides is 1. The van der Waals surface area contributed by atoms with E-state index in [2.05, 4.69) is 0 Å². The van der Waals surface area contributed by atoms with Gasteiger partial charge in [-0.1, -0.05) is 12.1 Å². The van der Waals surface area contributed by atoms with Crippen molar-refractivity contribution in [3.63, 3.8) is 0 Å². The summed E-state index contributed by atoms with van der Waals surface area (Å²) in [6.07, 6.45) is 0. The molecular weight excluding hydrogens is 409 g/mol. The molecule has 3 aromatic rings. The Balaban J connectivity index is 2.12. The van der Waals surface area contributed by atoms with E-state index < -0.39 is 15.8 Å². The number of anilines is 1. The maximum atomic E-state index is 13.6. The lowest BCUT2D eigenvalue weighted by Crippen LogP contribution is -2.31. The number of rotatable bonds is 8. The Hall–Kier alpha value is -3.26. The van der Waals surface area contributed by atoms with E-state index in [-0.39, 0.29) is 11.4 Å². The first-order valence-corrected chi connectivity index (χ1v) is 10.5. The molecule has 0 aromatic heterocycles. The van der Waals surface area contributed by atoms with Crippen LogP contribution in [-0.2, 0) is 16.6 Å². The van der Waals surface area contributed by atoms with Crippen LogP contribution < -0.4 is 18.5 Å². The van der Waals surface area contributed by atoms with Gasteiger partial charge in [-0.2, -0.15) is 0 Å². The number of nitrogens with zero attached hydrogens (tertiary/aromatic N) is 1. The number of halogens is 1. The van der Waals surface area contributed by atoms with E-state index in [0.717, 1.165) is 0 Å². The van der Waals surface area contributed by atoms with Gasteiger partial charge in [0.15, 0.2) is 0 Å². The Morgan fingerprint density at radius 3 is 1.97 bits per heavy atom. The second-order valence-electron chi connectivity index (χ2n) is 6.35. The molecule has 0 spiro atoms. The highest BCUT2D eigenvalue weighted by molar-refractivity contribution is 7.92. The average molecular weight is 431 g/mol. The van der Waals surface area contributed by atoms with Crippen LogP contribution in [0.15, 0.2) is 71.6 Å². The van der Waals surface area contributed by atoms with Crippen LogP contribution in [0.2, 0.25) is 0 Å². The summed E-state index contributed by atoms with van der Waals surface area (Å²) in [4.78, 5) is 0.0864. The van der Waals surface area contributed by atoms with E-state index in [1.807, 2.05) is 0 Å². The molecular formula is C22H22FNO5S. The molecule has 3 rings (SSSR count). The first-order valence-electron chi connectivity index (χ1n) is 9.02. The normalized spacial score (nSPS) is 11.1. The zero-order chi connectivity index (χ0) is 21.7. The number of ether oxygens (including phenoxy) is 3. The highest BCUT2D eigenvalue weighted by Crippen LogP contribution is 2.36. The third-order valence-corrected chi connectivity index (χ3v) is 6.32. The van der Waals surface area contributed by atoms with Crippen molar-refractivity contribution in [2.24, 2.45) is 0 Å². The zero-order valence-corrected chi connectivity index (χ0v) is 17.6. The van der Waals surface area contributed by atoms with Crippen molar-refractivity contribution in [3.8, 4) is 17.2 Å². The maximum absolute atomic E-state index is 13.6. The van der Waals surface area contributed by atoms with Gasteiger partial charge in [0.05, 0.1) is 38.5 Å². The summed E-state index contributed by atoms with van der Waals surface area (Å²) in [6.45, 7) is -0.0165. The Bertz CT molecular complexity index is 1100. The minimum absolute atomic E-state index is 0.0165. The van der Waals surface area contributed by atoms with Gasteiger partial charge in [-0.25, -0.2) is 12.8 Å². The zero-order valence-electron chi connectivity index (χ0n) is 16.8. The molecule has 3 aromatic carbocycles. The highest BCUT2D eigenvalue weighted by atomic mass is 32.2. The van der Waals surface area contributed by atoms with Crippen LogP contribution in [0.25, 0.3) is 0 Å². The Kier molecular flexibility index (Phi) is 6.47. The Morgan fingerprint density at radius 2 is 1.40 bits per heavy atom. The number of hydrogen-bond donors (Lipinski definition) is 0. The quantitative estimate of drug-likeness (QED) is 0.534. The predicted molar refractivity (Wildman–Crippen MR) is 112 cm³/mol. The molecule has 0 heterocycles. The second kappa shape index (κ2) is 9.04. The van der Waals surface area contributed by atoms with Crippen molar-refractivity contribution in [1.29, 1.82) is 0 Å². The Labute approximate surface area is 175 Å². The van der Waals surface area contributed by atoms with Gasteiger partial charge >= 0.3 is 0 Å². The minimum Gasteiger partial charge on any atom is -0.497 e. The average Bonchev–Trinajstić information content (AvgIpc) is 2.78. The largest absolute Gasteiger partial charge is 0.497 e. The summed E-state index contributed by atoms with van der Waals surface area (Å²) in [5.74, 6) is 0.999. The number of hydrogen-bond acceptors (Lipinski definition) is 5. The first kappa shape index (κ1) is 21.4. The van der Waals surface area contributed by atoms with E-state index in [0.29, 0.717) is 28.5 Å². The summed E-state index contributed by atoms with van der Waals surface area (Å²) in [5.41, 5.74) is 0.949. The van der Waals surface area contributed by atoms with E-state index in [1.54, 1.807) is 42.5 Å². The maximum Gasteiger partial charge on any atom is 0.264 e. The molecule has 0 N–H and O–H groups in total. The monoisotopic (exact) mass is 431 g/mol. The van der Waals surface area contributed by atoms with Gasteiger partial charge < -0.3 is 14.2 Å². The Morgan fingerprint density at radius 1 is 0.800 bits per heavy atom. The van der Waals surface area contributed by atoms with Crippen molar-refractivity contribution in [1.82, 2.24) is 0 Å². The molecule has 0 atom stereocenters. The van der Waals surface area contributed by atoms with Gasteiger partial charge in [-0.3, -0.25) is 4.31 Å². The van der Waals surface area contributed by atoms with Gasteiger partial charge in [0.1, 0.15) is 23.1 Å². The van der Waals surface area contributed by atoms with Crippen LogP contribution in [0.5, 0.6) is 17.2 Å². The van der Waals surface area contributed by atoms with Crippen molar-refractivity contribution in [3.05, 3.63) is 78.1 Å². The lowest BCUT2D eigenvalue weighted by Gasteiger charge is -2.26. The summed E-state index contributed by atoms with van der Waals surface area (Å²) in [6, 6.07) is 16.6. The molecule has 158 valence electrons. The molecule has 0 saturated carbocycles. The lowest BCUT2D eigenvalue weighted by molar-refractivity contribution is 0.394. The predicted octanol–water partition coefficient (Wildman–Crippen LogP) is 4.25. The van der Waals surface area contributed by atoms with Crippen LogP contribution in [0.4, 0.5) is 10.1 Å². The fourth-order valence-corrected chi connectivity index (χ4v) is 4.38. The molecule has 0 bridgehead atoms. The molecule has 0 radical (unpaired) electrons. The van der Waals surface area contributed by atoms with E-state index in [4.69, 9.17) is 14.2 Å². The van der Waals surface area contributed by atoms with Gasteiger partial charge in [0.25, 0.3) is 10.0 Å². The molecule has 0 aliphatic carbocycles. The molecule has 0 amide bonds. The van der Waals surface area contributed by atoms with Crippen molar-refractivity contribution < 1.29 is 27.0 Å². The number of methoxy groups -OCH3 is 3. The van der Waals surface area contributed by atoms with Gasteiger partial charge in [0.2, 0.25) is 0 Å². The van der Waals surface area contributed by atoms with Gasteiger partial charge in [-0.05, 0) is 54.1 Å². The van der Waals surface area contributed by atoms with Crippen molar-refractivity contribution in [2.75, 3.05) is 25.6 Å². The standard InChI is InChI=1S/C22H22FNO5S/c1-27-18-8-11-20(12-9-18)30(25,26)24(15-16-4-6-17(23)7-5-16)21-13-10-19(28-2)14-22(21)29-3/h4-14H,15H2,1-3H3. The molecule has 30 heavy (non-hydrogen) atoms. The number of benzene rings is 3. The van der Waals surface area contributed by atoms with Crippen LogP contribution in [0, 0.1) is 5.82 Å². The fraction of sp³-hybridized carbons (Fsp3) is 0.182. The molecule has 0 fully saturated rings. The van der Waals surface area contributed by atoms with Crippen molar-refractivity contribution in [2.45, 2.75) is 11.4 Å². The van der Waals surface area contributed by atoms with E-state index >= 15 is 0 Å². The van der Waals surface area contributed by atoms with Crippen LogP contribution in [0.1, 0.15) is 5.56 Å². The minimum atomic E-state index is -3.98. The molecule has 0 aliphatic heterocycles. The summed E-state index contributed by atoms with van der Waals surface area (Å²) >= 11 is 0. The fourth-order valence-electron chi connectivity index (χ4n) is 2.92. The van der Waals surface area contributed by atoms with Crippen LogP contribution >= 0.6 is 0 Å². The van der Waals surface area contributed by atoms with Crippen LogP contribution in [0.3, 0.4) is 0 Å². The van der Waals surface area contributed by atoms with E-state index in [1.165, 1.54) is 49.9 Å². The lowest BCUT2D eigenvalue weighted by atomic mass is 10.2. The van der Waals surface area contributed by atoms with Crippen molar-refractivity contribution >= 4 is 15.7 Å². The highest BCUT2D eigenvalue weighted by Gasteiger charge is 2.28.